The van der Waals surface area contributed by atoms with Gasteiger partial charge in [0.25, 0.3) is 0 Å². The Morgan fingerprint density at radius 2 is 1.78 bits per heavy atom. The first-order valence-electron chi connectivity index (χ1n) is 12.4. The normalized spacial score (nSPS) is 15.2. The van der Waals surface area contributed by atoms with Crippen LogP contribution >= 0.6 is 22.9 Å². The number of hydrogen-bond donors (Lipinski definition) is 2. The van der Waals surface area contributed by atoms with Crippen LogP contribution in [0.1, 0.15) is 79.3 Å². The zero-order chi connectivity index (χ0) is 26.0. The van der Waals surface area contributed by atoms with Crippen molar-refractivity contribution in [3.8, 4) is 5.00 Å². The molecule has 2 N–H and O–H groups in total. The maximum atomic E-state index is 13.0. The summed E-state index contributed by atoms with van der Waals surface area (Å²) < 4.78 is 2.07. The van der Waals surface area contributed by atoms with Crippen molar-refractivity contribution in [2.45, 2.75) is 72.4 Å². The molecular weight excluding hydrogens is 492 g/mol. The van der Waals surface area contributed by atoms with Gasteiger partial charge in [0.15, 0.2) is 5.82 Å². The summed E-state index contributed by atoms with van der Waals surface area (Å²) in [7, 11) is 0. The van der Waals surface area contributed by atoms with E-state index in [9.17, 15) is 4.79 Å². The topological polar surface area (TPSA) is 84.2 Å². The number of hydrogen-bond acceptors (Lipinski definition) is 6. The summed E-state index contributed by atoms with van der Waals surface area (Å²) in [5, 5.41) is 17.1. The van der Waals surface area contributed by atoms with E-state index in [0.717, 1.165) is 47.1 Å². The van der Waals surface area contributed by atoms with Crippen LogP contribution < -0.4 is 10.6 Å². The molecule has 1 aliphatic rings. The second-order valence-corrected chi connectivity index (χ2v) is 12.0. The molecule has 0 unspecified atom stereocenters. The van der Waals surface area contributed by atoms with Crippen LogP contribution in [0.2, 0.25) is 5.02 Å². The standard InChI is InChI=1S/C27H35ClN6OS/c1-16-17(2)36-26-23(16)24(19-9-11-20(28)12-10-19)31-21(25-33-32-18(3)34(25)26)15-22(35)29-13-7-8-14-30-27(4,5)6/h9-12,21,30H,7-8,13-15H2,1-6H3,(H,29,35)/t21-/m0/s1. The molecule has 3 aromatic rings. The number of carbonyl (C=O) groups is 1. The largest absolute Gasteiger partial charge is 0.356 e. The lowest BCUT2D eigenvalue weighted by Gasteiger charge is -2.20. The van der Waals surface area contributed by atoms with Crippen LogP contribution in [0, 0.1) is 20.8 Å². The van der Waals surface area contributed by atoms with Gasteiger partial charge >= 0.3 is 0 Å². The fourth-order valence-electron chi connectivity index (χ4n) is 4.32. The molecule has 0 saturated heterocycles. The van der Waals surface area contributed by atoms with E-state index in [1.165, 1.54) is 10.4 Å². The molecule has 0 spiro atoms. The first-order chi connectivity index (χ1) is 17.0. The van der Waals surface area contributed by atoms with Gasteiger partial charge in [-0.1, -0.05) is 23.7 Å². The number of rotatable bonds is 8. The van der Waals surface area contributed by atoms with Crippen LogP contribution in [0.25, 0.3) is 5.00 Å². The number of thiophene rings is 1. The van der Waals surface area contributed by atoms with Gasteiger partial charge in [0.1, 0.15) is 16.9 Å². The summed E-state index contributed by atoms with van der Waals surface area (Å²) in [6, 6.07) is 7.28. The van der Waals surface area contributed by atoms with E-state index in [1.807, 2.05) is 31.2 Å². The van der Waals surface area contributed by atoms with E-state index < -0.39 is 6.04 Å². The van der Waals surface area contributed by atoms with Crippen molar-refractivity contribution in [3.05, 3.63) is 62.5 Å². The molecule has 4 rings (SSSR count). The smallest absolute Gasteiger partial charge is 0.222 e. The fraction of sp³-hybridized carbons (Fsp3) is 0.481. The monoisotopic (exact) mass is 526 g/mol. The number of nitrogens with zero attached hydrogens (tertiary/aromatic N) is 4. The molecule has 0 aliphatic carbocycles. The average molecular weight is 527 g/mol. The maximum absolute atomic E-state index is 13.0. The molecule has 1 aliphatic heterocycles. The molecule has 7 nitrogen and oxygen atoms in total. The average Bonchev–Trinajstić information content (AvgIpc) is 3.28. The molecule has 9 heteroatoms. The van der Waals surface area contributed by atoms with E-state index in [2.05, 4.69) is 60.0 Å². The molecule has 1 amide bonds. The van der Waals surface area contributed by atoms with Gasteiger partial charge in [-0.3, -0.25) is 14.4 Å². The van der Waals surface area contributed by atoms with Crippen LogP contribution in [0.15, 0.2) is 29.3 Å². The highest BCUT2D eigenvalue weighted by Gasteiger charge is 2.32. The highest BCUT2D eigenvalue weighted by molar-refractivity contribution is 7.15. The van der Waals surface area contributed by atoms with Crippen LogP contribution in [-0.2, 0) is 4.79 Å². The lowest BCUT2D eigenvalue weighted by Crippen LogP contribution is -2.36. The SMILES string of the molecule is Cc1sc2c(c1C)C(c1ccc(Cl)cc1)=N[C@@H](CC(=O)NCCCCNC(C)(C)C)c1nnc(C)n1-2. The molecular formula is C27H35ClN6OS. The summed E-state index contributed by atoms with van der Waals surface area (Å²) in [4.78, 5) is 19.4. The summed E-state index contributed by atoms with van der Waals surface area (Å²) in [5.41, 5.74) is 4.18. The van der Waals surface area contributed by atoms with Crippen molar-refractivity contribution in [1.82, 2.24) is 25.4 Å². The molecule has 2 aromatic heterocycles. The van der Waals surface area contributed by atoms with Gasteiger partial charge in [0.05, 0.1) is 12.1 Å². The Labute approximate surface area is 222 Å². The maximum Gasteiger partial charge on any atom is 0.222 e. The van der Waals surface area contributed by atoms with Crippen molar-refractivity contribution in [2.75, 3.05) is 13.1 Å². The molecule has 3 heterocycles. The van der Waals surface area contributed by atoms with E-state index in [4.69, 9.17) is 16.6 Å². The molecule has 0 bridgehead atoms. The second kappa shape index (κ2) is 10.8. The van der Waals surface area contributed by atoms with Crippen molar-refractivity contribution in [2.24, 2.45) is 4.99 Å². The predicted octanol–water partition coefficient (Wildman–Crippen LogP) is 5.47. The summed E-state index contributed by atoms with van der Waals surface area (Å²) in [6.07, 6.45) is 2.14. The minimum atomic E-state index is -0.446. The molecule has 0 radical (unpaired) electrons. The van der Waals surface area contributed by atoms with Gasteiger partial charge in [0, 0.05) is 33.1 Å². The van der Waals surface area contributed by atoms with Crippen molar-refractivity contribution < 1.29 is 4.79 Å². The summed E-state index contributed by atoms with van der Waals surface area (Å²) >= 11 is 7.88. The Balaban J connectivity index is 1.59. The highest BCUT2D eigenvalue weighted by atomic mass is 35.5. The van der Waals surface area contributed by atoms with E-state index in [-0.39, 0.29) is 17.9 Å². The quantitative estimate of drug-likeness (QED) is 0.381. The number of fused-ring (bicyclic) bond motifs is 3. The number of aryl methyl sites for hydroxylation is 2. The molecule has 0 fully saturated rings. The van der Waals surface area contributed by atoms with Gasteiger partial charge in [-0.2, -0.15) is 0 Å². The fourth-order valence-corrected chi connectivity index (χ4v) is 5.66. The first kappa shape index (κ1) is 26.5. The number of nitrogens with one attached hydrogen (secondary N) is 2. The van der Waals surface area contributed by atoms with E-state index in [1.54, 1.807) is 11.3 Å². The number of benzene rings is 1. The lowest BCUT2D eigenvalue weighted by molar-refractivity contribution is -0.121. The highest BCUT2D eigenvalue weighted by Crippen LogP contribution is 2.39. The van der Waals surface area contributed by atoms with Crippen LogP contribution in [0.5, 0.6) is 0 Å². The number of halogens is 1. The van der Waals surface area contributed by atoms with Crippen LogP contribution in [0.4, 0.5) is 0 Å². The Morgan fingerprint density at radius 1 is 1.08 bits per heavy atom. The third-order valence-corrected chi connectivity index (χ3v) is 7.76. The number of unbranched alkanes of at least 4 members (excludes halogenated alkanes) is 1. The van der Waals surface area contributed by atoms with Crippen molar-refractivity contribution >= 4 is 34.6 Å². The van der Waals surface area contributed by atoms with Gasteiger partial charge in [0.2, 0.25) is 5.91 Å². The first-order valence-corrected chi connectivity index (χ1v) is 13.6. The lowest BCUT2D eigenvalue weighted by atomic mass is 9.99. The van der Waals surface area contributed by atoms with Gasteiger partial charge < -0.3 is 10.6 Å². The summed E-state index contributed by atoms with van der Waals surface area (Å²) in [6.45, 7) is 14.2. The Kier molecular flexibility index (Phi) is 7.97. The molecule has 192 valence electrons. The van der Waals surface area contributed by atoms with E-state index in [0.29, 0.717) is 17.4 Å². The van der Waals surface area contributed by atoms with E-state index >= 15 is 0 Å². The van der Waals surface area contributed by atoms with Crippen molar-refractivity contribution in [3.63, 3.8) is 0 Å². The molecule has 1 atom stereocenters. The van der Waals surface area contributed by atoms with Gasteiger partial charge in [-0.25, -0.2) is 0 Å². The van der Waals surface area contributed by atoms with Crippen LogP contribution in [0.3, 0.4) is 0 Å². The zero-order valence-electron chi connectivity index (χ0n) is 21.9. The third-order valence-electron chi connectivity index (χ3n) is 6.32. The molecule has 1 aromatic carbocycles. The third kappa shape index (κ3) is 5.88. The minimum absolute atomic E-state index is 0.0339. The second-order valence-electron chi connectivity index (χ2n) is 10.3. The number of aliphatic imine (C=N–C) groups is 1. The molecule has 0 saturated carbocycles. The Morgan fingerprint density at radius 3 is 2.47 bits per heavy atom. The van der Waals surface area contributed by atoms with Crippen molar-refractivity contribution in [1.29, 1.82) is 0 Å². The Bertz CT molecular complexity index is 1270. The zero-order valence-corrected chi connectivity index (χ0v) is 23.5. The van der Waals surface area contributed by atoms with Gasteiger partial charge in [-0.05, 0) is 78.6 Å². The number of carbonyl (C=O) groups excluding carboxylic acids is 1. The van der Waals surface area contributed by atoms with Crippen LogP contribution in [-0.4, -0.2) is 45.0 Å². The summed E-state index contributed by atoms with van der Waals surface area (Å²) in [5.74, 6) is 1.45. The number of amides is 1. The van der Waals surface area contributed by atoms with Gasteiger partial charge in [-0.15, -0.1) is 21.5 Å². The Hall–Kier alpha value is -2.55. The molecule has 36 heavy (non-hydrogen) atoms. The minimum Gasteiger partial charge on any atom is -0.356 e. The predicted molar refractivity (Wildman–Crippen MR) is 148 cm³/mol. The number of aromatic nitrogens is 3.